The SMILES string of the molecule is COC(=O)C1CCCN(C(=O)c2ccc(F)c(OC)c2)C1. The molecular formula is C15H18FNO4. The first-order valence-corrected chi connectivity index (χ1v) is 6.77. The minimum Gasteiger partial charge on any atom is -0.494 e. The van der Waals surface area contributed by atoms with E-state index in [1.54, 1.807) is 4.90 Å². The van der Waals surface area contributed by atoms with Crippen molar-refractivity contribution in [1.29, 1.82) is 0 Å². The van der Waals surface area contributed by atoms with Crippen molar-refractivity contribution in [2.75, 3.05) is 27.3 Å². The summed E-state index contributed by atoms with van der Waals surface area (Å²) in [6.45, 7) is 0.900. The van der Waals surface area contributed by atoms with Gasteiger partial charge in [0.1, 0.15) is 0 Å². The van der Waals surface area contributed by atoms with E-state index in [0.717, 1.165) is 6.42 Å². The number of carbonyl (C=O) groups is 2. The number of piperidine rings is 1. The molecule has 2 rings (SSSR count). The van der Waals surface area contributed by atoms with Gasteiger partial charge in [-0.15, -0.1) is 0 Å². The van der Waals surface area contributed by atoms with Gasteiger partial charge in [-0.05, 0) is 31.0 Å². The van der Waals surface area contributed by atoms with Crippen molar-refractivity contribution in [2.45, 2.75) is 12.8 Å². The maximum atomic E-state index is 13.4. The van der Waals surface area contributed by atoms with E-state index in [-0.39, 0.29) is 23.5 Å². The fourth-order valence-electron chi connectivity index (χ4n) is 2.50. The molecule has 21 heavy (non-hydrogen) atoms. The van der Waals surface area contributed by atoms with Crippen molar-refractivity contribution < 1.29 is 23.5 Å². The Morgan fingerprint density at radius 2 is 2.10 bits per heavy atom. The van der Waals surface area contributed by atoms with E-state index < -0.39 is 5.82 Å². The van der Waals surface area contributed by atoms with Crippen molar-refractivity contribution in [3.05, 3.63) is 29.6 Å². The molecule has 1 unspecified atom stereocenters. The summed E-state index contributed by atoms with van der Waals surface area (Å²) in [5.41, 5.74) is 0.346. The van der Waals surface area contributed by atoms with E-state index in [4.69, 9.17) is 9.47 Å². The van der Waals surface area contributed by atoms with Gasteiger partial charge in [-0.3, -0.25) is 9.59 Å². The zero-order chi connectivity index (χ0) is 15.4. The average molecular weight is 295 g/mol. The molecule has 1 heterocycles. The van der Waals surface area contributed by atoms with Gasteiger partial charge in [0.25, 0.3) is 5.91 Å². The fourth-order valence-corrected chi connectivity index (χ4v) is 2.50. The Kier molecular flexibility index (Phi) is 4.77. The minimum absolute atomic E-state index is 0.0300. The van der Waals surface area contributed by atoms with Crippen LogP contribution in [0.1, 0.15) is 23.2 Å². The van der Waals surface area contributed by atoms with Crippen LogP contribution >= 0.6 is 0 Å². The molecule has 1 atom stereocenters. The molecule has 1 aliphatic rings. The van der Waals surface area contributed by atoms with Gasteiger partial charge >= 0.3 is 5.97 Å². The highest BCUT2D eigenvalue weighted by atomic mass is 19.1. The standard InChI is InChI=1S/C15H18FNO4/c1-20-13-8-10(5-6-12(13)16)14(18)17-7-3-4-11(9-17)15(19)21-2/h5-6,8,11H,3-4,7,9H2,1-2H3. The number of carbonyl (C=O) groups excluding carboxylic acids is 2. The second-order valence-corrected chi connectivity index (χ2v) is 4.96. The summed E-state index contributed by atoms with van der Waals surface area (Å²) in [5, 5.41) is 0. The van der Waals surface area contributed by atoms with Crippen LogP contribution < -0.4 is 4.74 Å². The topological polar surface area (TPSA) is 55.8 Å². The molecule has 0 radical (unpaired) electrons. The molecule has 1 aliphatic heterocycles. The first kappa shape index (κ1) is 15.3. The number of hydrogen-bond acceptors (Lipinski definition) is 4. The van der Waals surface area contributed by atoms with Crippen LogP contribution in [0.25, 0.3) is 0 Å². The lowest BCUT2D eigenvalue weighted by Gasteiger charge is -2.31. The number of likely N-dealkylation sites (tertiary alicyclic amines) is 1. The zero-order valence-corrected chi connectivity index (χ0v) is 12.1. The van der Waals surface area contributed by atoms with Crippen LogP contribution in [0.4, 0.5) is 4.39 Å². The number of esters is 1. The number of amides is 1. The van der Waals surface area contributed by atoms with Gasteiger partial charge in [0.05, 0.1) is 20.1 Å². The highest BCUT2D eigenvalue weighted by Crippen LogP contribution is 2.23. The van der Waals surface area contributed by atoms with Crippen molar-refractivity contribution in [2.24, 2.45) is 5.92 Å². The van der Waals surface area contributed by atoms with Gasteiger partial charge < -0.3 is 14.4 Å². The number of methoxy groups -OCH3 is 2. The Labute approximate surface area is 122 Å². The number of benzene rings is 1. The lowest BCUT2D eigenvalue weighted by Crippen LogP contribution is -2.42. The lowest BCUT2D eigenvalue weighted by molar-refractivity contribution is -0.146. The second kappa shape index (κ2) is 6.56. The molecule has 0 spiro atoms. The molecule has 1 aromatic rings. The Bertz CT molecular complexity index is 546. The molecule has 0 N–H and O–H groups in total. The van der Waals surface area contributed by atoms with Crippen LogP contribution in [-0.4, -0.2) is 44.1 Å². The summed E-state index contributed by atoms with van der Waals surface area (Å²) < 4.78 is 23.0. The van der Waals surface area contributed by atoms with Crippen LogP contribution in [0.3, 0.4) is 0 Å². The van der Waals surface area contributed by atoms with Crippen molar-refractivity contribution in [3.8, 4) is 5.75 Å². The first-order chi connectivity index (χ1) is 10.1. The van der Waals surface area contributed by atoms with Crippen LogP contribution in [0.15, 0.2) is 18.2 Å². The molecule has 0 saturated carbocycles. The third-order valence-electron chi connectivity index (χ3n) is 3.64. The normalized spacial score (nSPS) is 18.2. The zero-order valence-electron chi connectivity index (χ0n) is 12.1. The van der Waals surface area contributed by atoms with Crippen molar-refractivity contribution in [3.63, 3.8) is 0 Å². The molecule has 0 aliphatic carbocycles. The predicted molar refractivity (Wildman–Crippen MR) is 73.6 cm³/mol. The van der Waals surface area contributed by atoms with E-state index in [9.17, 15) is 14.0 Å². The summed E-state index contributed by atoms with van der Waals surface area (Å²) in [7, 11) is 2.69. The quantitative estimate of drug-likeness (QED) is 0.799. The van der Waals surface area contributed by atoms with Gasteiger partial charge in [-0.25, -0.2) is 4.39 Å². The van der Waals surface area contributed by atoms with Gasteiger partial charge in [0, 0.05) is 18.7 Å². The summed E-state index contributed by atoms with van der Waals surface area (Å²) >= 11 is 0. The molecule has 1 saturated heterocycles. The Morgan fingerprint density at radius 1 is 1.33 bits per heavy atom. The van der Waals surface area contributed by atoms with Crippen molar-refractivity contribution in [1.82, 2.24) is 4.90 Å². The molecule has 0 bridgehead atoms. The van der Waals surface area contributed by atoms with Crippen LogP contribution in [0, 0.1) is 11.7 Å². The van der Waals surface area contributed by atoms with E-state index in [1.165, 1.54) is 32.4 Å². The van der Waals surface area contributed by atoms with Crippen LogP contribution in [0.2, 0.25) is 0 Å². The molecule has 0 aromatic heterocycles. The van der Waals surface area contributed by atoms with Gasteiger partial charge in [-0.1, -0.05) is 0 Å². The summed E-state index contributed by atoms with van der Waals surface area (Å²) in [6, 6.07) is 4.00. The molecule has 1 amide bonds. The summed E-state index contributed by atoms with van der Waals surface area (Å²) in [5.74, 6) is -1.32. The van der Waals surface area contributed by atoms with Crippen molar-refractivity contribution >= 4 is 11.9 Å². The summed E-state index contributed by atoms with van der Waals surface area (Å²) in [6.07, 6.45) is 1.45. The van der Waals surface area contributed by atoms with Gasteiger partial charge in [0.2, 0.25) is 0 Å². The lowest BCUT2D eigenvalue weighted by atomic mass is 9.97. The van der Waals surface area contributed by atoms with Crippen LogP contribution in [0.5, 0.6) is 5.75 Å². The number of ether oxygens (including phenoxy) is 2. The molecule has 114 valence electrons. The Hall–Kier alpha value is -2.11. The predicted octanol–water partition coefficient (Wildman–Crippen LogP) is 1.86. The third kappa shape index (κ3) is 3.32. The largest absolute Gasteiger partial charge is 0.494 e. The maximum absolute atomic E-state index is 13.4. The summed E-state index contributed by atoms with van der Waals surface area (Å²) in [4.78, 5) is 25.6. The Balaban J connectivity index is 2.14. The highest BCUT2D eigenvalue weighted by Gasteiger charge is 2.29. The van der Waals surface area contributed by atoms with E-state index in [0.29, 0.717) is 25.1 Å². The van der Waals surface area contributed by atoms with E-state index in [2.05, 4.69) is 0 Å². The highest BCUT2D eigenvalue weighted by molar-refractivity contribution is 5.95. The van der Waals surface area contributed by atoms with Gasteiger partial charge in [0.15, 0.2) is 11.6 Å². The molecule has 1 fully saturated rings. The monoisotopic (exact) mass is 295 g/mol. The second-order valence-electron chi connectivity index (χ2n) is 4.96. The van der Waals surface area contributed by atoms with Crippen LogP contribution in [-0.2, 0) is 9.53 Å². The maximum Gasteiger partial charge on any atom is 0.310 e. The average Bonchev–Trinajstić information content (AvgIpc) is 2.54. The molecule has 1 aromatic carbocycles. The number of halogens is 1. The first-order valence-electron chi connectivity index (χ1n) is 6.77. The van der Waals surface area contributed by atoms with E-state index >= 15 is 0 Å². The molecule has 6 heteroatoms. The fraction of sp³-hybridized carbons (Fsp3) is 0.467. The number of nitrogens with zero attached hydrogens (tertiary/aromatic N) is 1. The smallest absolute Gasteiger partial charge is 0.310 e. The number of rotatable bonds is 3. The van der Waals surface area contributed by atoms with E-state index in [1.807, 2.05) is 0 Å². The third-order valence-corrected chi connectivity index (χ3v) is 3.64. The number of hydrogen-bond donors (Lipinski definition) is 0. The molecular weight excluding hydrogens is 277 g/mol. The molecule has 5 nitrogen and oxygen atoms in total. The van der Waals surface area contributed by atoms with Gasteiger partial charge in [-0.2, -0.15) is 0 Å². The Morgan fingerprint density at radius 3 is 2.76 bits per heavy atom. The minimum atomic E-state index is -0.514.